The summed E-state index contributed by atoms with van der Waals surface area (Å²) in [5.41, 5.74) is 1.81. The van der Waals surface area contributed by atoms with Gasteiger partial charge in [0.25, 0.3) is 11.5 Å². The number of hydrazone groups is 1. The van der Waals surface area contributed by atoms with Crippen molar-refractivity contribution in [1.29, 1.82) is 0 Å². The summed E-state index contributed by atoms with van der Waals surface area (Å²) in [6.45, 7) is 3.78. The second-order valence-electron chi connectivity index (χ2n) is 5.30. The van der Waals surface area contributed by atoms with Crippen molar-refractivity contribution >= 4 is 35.9 Å². The molecule has 9 heteroatoms. The van der Waals surface area contributed by atoms with E-state index < -0.39 is 11.5 Å². The molecule has 2 rings (SSSR count). The van der Waals surface area contributed by atoms with E-state index in [0.29, 0.717) is 6.42 Å². The second kappa shape index (κ2) is 8.09. The number of aromatic nitrogens is 2. The summed E-state index contributed by atoms with van der Waals surface area (Å²) >= 11 is 11.0. The second-order valence-corrected chi connectivity index (χ2v) is 6.10. The molecule has 0 saturated carbocycles. The molecule has 0 saturated heterocycles. The standard InChI is InChI=1S/C16H17ClN4O3S/c1-3-9(2)21-15(24)11(13(22)19-16(21)25)8-18-20-14(23)10-6-4-5-7-12(10)17/h4-9,24H,3H2,1-2H3,(H,20,23)(H,19,22,25)/b18-8+. The highest BCUT2D eigenvalue weighted by Gasteiger charge is 2.15. The zero-order valence-electron chi connectivity index (χ0n) is 13.6. The van der Waals surface area contributed by atoms with Gasteiger partial charge in [-0.3, -0.25) is 19.1 Å². The summed E-state index contributed by atoms with van der Waals surface area (Å²) in [7, 11) is 0. The molecule has 3 N–H and O–H groups in total. The van der Waals surface area contributed by atoms with Gasteiger partial charge in [0.1, 0.15) is 5.56 Å². The third-order valence-electron chi connectivity index (χ3n) is 3.66. The Kier molecular flexibility index (Phi) is 6.11. The van der Waals surface area contributed by atoms with Crippen LogP contribution in [0.25, 0.3) is 0 Å². The largest absolute Gasteiger partial charge is 0.494 e. The summed E-state index contributed by atoms with van der Waals surface area (Å²) in [5, 5.41) is 14.3. The minimum atomic E-state index is -0.599. The number of carbonyl (C=O) groups is 1. The lowest BCUT2D eigenvalue weighted by atomic mass is 10.2. The molecule has 0 fully saturated rings. The van der Waals surface area contributed by atoms with Crippen LogP contribution in [0, 0.1) is 4.77 Å². The van der Waals surface area contributed by atoms with Gasteiger partial charge in [0.05, 0.1) is 16.8 Å². The number of hydrogen-bond acceptors (Lipinski definition) is 5. The van der Waals surface area contributed by atoms with Gasteiger partial charge < -0.3 is 5.11 Å². The maximum atomic E-state index is 12.0. The third-order valence-corrected chi connectivity index (χ3v) is 4.29. The molecule has 2 aromatic rings. The van der Waals surface area contributed by atoms with Crippen LogP contribution in [0.5, 0.6) is 5.88 Å². The SMILES string of the molecule is CCC(C)n1c(O)c(/C=N/NC(=O)c2ccccc2Cl)c(=O)[nH]c1=S. The van der Waals surface area contributed by atoms with Crippen molar-refractivity contribution < 1.29 is 9.90 Å². The summed E-state index contributed by atoms with van der Waals surface area (Å²) in [6, 6.07) is 6.37. The molecule has 1 atom stereocenters. The first-order valence-corrected chi connectivity index (χ1v) is 8.31. The van der Waals surface area contributed by atoms with Gasteiger partial charge in [-0.05, 0) is 37.7 Å². The van der Waals surface area contributed by atoms with Crippen molar-refractivity contribution in [3.63, 3.8) is 0 Å². The van der Waals surface area contributed by atoms with Gasteiger partial charge in [0, 0.05) is 6.04 Å². The minimum Gasteiger partial charge on any atom is -0.494 e. The van der Waals surface area contributed by atoms with Crippen molar-refractivity contribution in [1.82, 2.24) is 15.0 Å². The number of carbonyl (C=O) groups excluding carboxylic acids is 1. The molecule has 0 radical (unpaired) electrons. The number of aromatic hydroxyl groups is 1. The Morgan fingerprint density at radius 3 is 2.84 bits per heavy atom. The maximum absolute atomic E-state index is 12.0. The molecule has 1 heterocycles. The Morgan fingerprint density at radius 1 is 1.52 bits per heavy atom. The molecule has 1 aromatic heterocycles. The van der Waals surface area contributed by atoms with E-state index in [1.54, 1.807) is 24.3 Å². The van der Waals surface area contributed by atoms with Crippen molar-refractivity contribution in [2.45, 2.75) is 26.3 Å². The Morgan fingerprint density at radius 2 is 2.20 bits per heavy atom. The van der Waals surface area contributed by atoms with Crippen LogP contribution in [0.15, 0.2) is 34.2 Å². The van der Waals surface area contributed by atoms with Gasteiger partial charge in [0.2, 0.25) is 5.88 Å². The highest BCUT2D eigenvalue weighted by atomic mass is 35.5. The molecule has 0 aliphatic carbocycles. The number of aromatic amines is 1. The van der Waals surface area contributed by atoms with Crippen molar-refractivity contribution in [2.24, 2.45) is 5.10 Å². The average Bonchev–Trinajstić information content (AvgIpc) is 2.57. The molecular weight excluding hydrogens is 364 g/mol. The summed E-state index contributed by atoms with van der Waals surface area (Å²) in [4.78, 5) is 26.5. The quantitative estimate of drug-likeness (QED) is 0.421. The fourth-order valence-electron chi connectivity index (χ4n) is 2.12. The van der Waals surface area contributed by atoms with Crippen LogP contribution in [-0.2, 0) is 0 Å². The maximum Gasteiger partial charge on any atom is 0.272 e. The topological polar surface area (TPSA) is 99.5 Å². The number of H-pyrrole nitrogens is 1. The first kappa shape index (κ1) is 18.9. The summed E-state index contributed by atoms with van der Waals surface area (Å²) in [6.07, 6.45) is 1.77. The van der Waals surface area contributed by atoms with Crippen LogP contribution in [0.2, 0.25) is 5.02 Å². The number of halogens is 1. The van der Waals surface area contributed by atoms with E-state index in [9.17, 15) is 14.7 Å². The number of nitrogens with zero attached hydrogens (tertiary/aromatic N) is 2. The van der Waals surface area contributed by atoms with Crippen LogP contribution in [0.3, 0.4) is 0 Å². The lowest BCUT2D eigenvalue weighted by Crippen LogP contribution is -2.22. The highest BCUT2D eigenvalue weighted by Crippen LogP contribution is 2.20. The van der Waals surface area contributed by atoms with E-state index in [2.05, 4.69) is 15.5 Å². The van der Waals surface area contributed by atoms with Gasteiger partial charge in [-0.25, -0.2) is 5.43 Å². The molecule has 0 bridgehead atoms. The van der Waals surface area contributed by atoms with Gasteiger partial charge >= 0.3 is 0 Å². The Balaban J connectivity index is 2.30. The predicted octanol–water partition coefficient (Wildman–Crippen LogP) is 3.00. The van der Waals surface area contributed by atoms with Crippen LogP contribution >= 0.6 is 23.8 Å². The van der Waals surface area contributed by atoms with Gasteiger partial charge in [-0.2, -0.15) is 5.10 Å². The number of benzene rings is 1. The summed E-state index contributed by atoms with van der Waals surface area (Å²) < 4.78 is 1.54. The van der Waals surface area contributed by atoms with Gasteiger partial charge in [-0.15, -0.1) is 0 Å². The van der Waals surface area contributed by atoms with E-state index in [-0.39, 0.29) is 32.8 Å². The number of hydrogen-bond donors (Lipinski definition) is 3. The zero-order chi connectivity index (χ0) is 18.6. The lowest BCUT2D eigenvalue weighted by molar-refractivity contribution is 0.0955. The Labute approximate surface area is 154 Å². The van der Waals surface area contributed by atoms with Crippen LogP contribution < -0.4 is 11.0 Å². The molecule has 132 valence electrons. The lowest BCUT2D eigenvalue weighted by Gasteiger charge is -2.16. The van der Waals surface area contributed by atoms with Gasteiger partial charge in [-0.1, -0.05) is 30.7 Å². The fraction of sp³-hybridized carbons (Fsp3) is 0.250. The Hall–Kier alpha value is -2.45. The highest BCUT2D eigenvalue weighted by molar-refractivity contribution is 7.71. The number of nitrogens with one attached hydrogen (secondary N) is 2. The van der Waals surface area contributed by atoms with Crippen molar-refractivity contribution in [3.05, 3.63) is 55.5 Å². The molecule has 0 spiro atoms. The van der Waals surface area contributed by atoms with E-state index in [1.807, 2.05) is 13.8 Å². The molecule has 0 aliphatic rings. The third kappa shape index (κ3) is 4.15. The fourth-order valence-corrected chi connectivity index (χ4v) is 2.70. The van der Waals surface area contributed by atoms with E-state index in [1.165, 1.54) is 4.57 Å². The minimum absolute atomic E-state index is 0.103. The van der Waals surface area contributed by atoms with Gasteiger partial charge in [0.15, 0.2) is 4.77 Å². The smallest absolute Gasteiger partial charge is 0.272 e. The molecular formula is C16H17ClN4O3S. The molecule has 1 unspecified atom stereocenters. The van der Waals surface area contributed by atoms with Crippen LogP contribution in [-0.4, -0.2) is 26.8 Å². The van der Waals surface area contributed by atoms with E-state index in [4.69, 9.17) is 23.8 Å². The molecule has 7 nitrogen and oxygen atoms in total. The Bertz CT molecular complexity index is 936. The molecule has 1 amide bonds. The van der Waals surface area contributed by atoms with Crippen LogP contribution in [0.4, 0.5) is 0 Å². The monoisotopic (exact) mass is 380 g/mol. The predicted molar refractivity (Wildman–Crippen MR) is 99.1 cm³/mol. The first-order chi connectivity index (χ1) is 11.9. The van der Waals surface area contributed by atoms with Crippen LogP contribution in [0.1, 0.15) is 42.2 Å². The van der Waals surface area contributed by atoms with E-state index >= 15 is 0 Å². The zero-order valence-corrected chi connectivity index (χ0v) is 15.2. The average molecular weight is 381 g/mol. The first-order valence-electron chi connectivity index (χ1n) is 7.52. The number of rotatable bonds is 5. The number of amides is 1. The molecule has 25 heavy (non-hydrogen) atoms. The van der Waals surface area contributed by atoms with Crippen molar-refractivity contribution in [2.75, 3.05) is 0 Å². The normalized spacial score (nSPS) is 12.3. The van der Waals surface area contributed by atoms with Crippen molar-refractivity contribution in [3.8, 4) is 5.88 Å². The van der Waals surface area contributed by atoms with E-state index in [0.717, 1.165) is 6.21 Å². The molecule has 1 aromatic carbocycles. The molecule has 0 aliphatic heterocycles. The summed E-state index contributed by atoms with van der Waals surface area (Å²) in [5.74, 6) is -0.841.